The molecule has 3 rings (SSSR count). The van der Waals surface area contributed by atoms with Crippen LogP contribution in [0.3, 0.4) is 0 Å². The Bertz CT molecular complexity index is 839. The fraction of sp³-hybridized carbons (Fsp3) is 0.250. The van der Waals surface area contributed by atoms with Crippen LogP contribution in [0.4, 0.5) is 15.7 Å². The summed E-state index contributed by atoms with van der Waals surface area (Å²) in [4.78, 5) is 21.8. The summed E-state index contributed by atoms with van der Waals surface area (Å²) >= 11 is 1.53. The molecule has 0 atom stereocenters. The first-order valence-electron chi connectivity index (χ1n) is 7.54. The highest BCUT2D eigenvalue weighted by molar-refractivity contribution is 7.16. The molecule has 0 saturated heterocycles. The van der Waals surface area contributed by atoms with Crippen LogP contribution in [0.1, 0.15) is 18.7 Å². The molecular weight excluding hydrogens is 324 g/mol. The molecule has 8 heteroatoms. The summed E-state index contributed by atoms with van der Waals surface area (Å²) in [5.74, 6) is 0.741. The quantitative estimate of drug-likeness (QED) is 0.759. The Labute approximate surface area is 143 Å². The summed E-state index contributed by atoms with van der Waals surface area (Å²) in [6, 6.07) is 5.45. The first kappa shape index (κ1) is 16.1. The number of thiazole rings is 1. The van der Waals surface area contributed by atoms with Crippen molar-refractivity contribution in [3.05, 3.63) is 41.7 Å². The second-order valence-electron chi connectivity index (χ2n) is 5.54. The molecule has 3 aromatic heterocycles. The molecule has 0 aliphatic heterocycles. The molecule has 0 aliphatic carbocycles. The molecule has 0 aliphatic rings. The van der Waals surface area contributed by atoms with Crippen LogP contribution in [0.15, 0.2) is 36.8 Å². The zero-order valence-corrected chi connectivity index (χ0v) is 14.5. The lowest BCUT2D eigenvalue weighted by molar-refractivity contribution is 0.237. The molecule has 0 unspecified atom stereocenters. The van der Waals surface area contributed by atoms with Crippen LogP contribution in [0.5, 0.6) is 0 Å². The lowest BCUT2D eigenvalue weighted by Crippen LogP contribution is -2.34. The summed E-state index contributed by atoms with van der Waals surface area (Å²) in [7, 11) is 0. The van der Waals surface area contributed by atoms with E-state index in [1.807, 2.05) is 39.0 Å². The SMILES string of the molecule is Cc1sc(Nc2ccccn2)nc1-c1cnn(C(=O)NC(C)C)c1. The average molecular weight is 342 g/mol. The predicted octanol–water partition coefficient (Wildman–Crippen LogP) is 3.42. The number of nitrogens with zero attached hydrogens (tertiary/aromatic N) is 4. The number of nitrogens with one attached hydrogen (secondary N) is 2. The summed E-state index contributed by atoms with van der Waals surface area (Å²) in [5.41, 5.74) is 1.61. The third-order valence-corrected chi connectivity index (χ3v) is 4.06. The van der Waals surface area contributed by atoms with E-state index in [4.69, 9.17) is 0 Å². The zero-order chi connectivity index (χ0) is 17.1. The highest BCUT2D eigenvalue weighted by Gasteiger charge is 2.14. The molecule has 0 radical (unpaired) electrons. The molecule has 2 N–H and O–H groups in total. The molecule has 24 heavy (non-hydrogen) atoms. The van der Waals surface area contributed by atoms with Crippen molar-refractivity contribution in [3.63, 3.8) is 0 Å². The van der Waals surface area contributed by atoms with Crippen molar-refractivity contribution in [2.45, 2.75) is 26.8 Å². The Kier molecular flexibility index (Phi) is 4.57. The molecule has 3 heterocycles. The minimum Gasteiger partial charge on any atom is -0.334 e. The molecule has 3 aromatic rings. The maximum atomic E-state index is 12.0. The number of hydrogen-bond donors (Lipinski definition) is 2. The van der Waals surface area contributed by atoms with Crippen LogP contribution in [0.2, 0.25) is 0 Å². The Hall–Kier alpha value is -2.74. The van der Waals surface area contributed by atoms with E-state index in [1.165, 1.54) is 16.0 Å². The second-order valence-corrected chi connectivity index (χ2v) is 6.74. The van der Waals surface area contributed by atoms with Crippen LogP contribution in [0, 0.1) is 6.92 Å². The van der Waals surface area contributed by atoms with E-state index in [0.29, 0.717) is 0 Å². The highest BCUT2D eigenvalue weighted by Crippen LogP contribution is 2.31. The fourth-order valence-corrected chi connectivity index (χ4v) is 2.98. The van der Waals surface area contributed by atoms with Crippen molar-refractivity contribution >= 4 is 28.3 Å². The van der Waals surface area contributed by atoms with Crippen LogP contribution in [-0.4, -0.2) is 31.8 Å². The fourth-order valence-electron chi connectivity index (χ4n) is 2.13. The van der Waals surface area contributed by atoms with Crippen LogP contribution >= 0.6 is 11.3 Å². The summed E-state index contributed by atoms with van der Waals surface area (Å²) in [6.07, 6.45) is 5.05. The highest BCUT2D eigenvalue weighted by atomic mass is 32.1. The summed E-state index contributed by atoms with van der Waals surface area (Å²) in [5, 5.41) is 10.8. The van der Waals surface area contributed by atoms with Gasteiger partial charge in [-0.05, 0) is 32.9 Å². The van der Waals surface area contributed by atoms with Gasteiger partial charge < -0.3 is 10.6 Å². The van der Waals surface area contributed by atoms with Crippen LogP contribution in [-0.2, 0) is 0 Å². The van der Waals surface area contributed by atoms with E-state index in [-0.39, 0.29) is 12.1 Å². The number of pyridine rings is 1. The van der Waals surface area contributed by atoms with Crippen molar-refractivity contribution in [3.8, 4) is 11.3 Å². The number of aromatic nitrogens is 4. The molecule has 0 fully saturated rings. The summed E-state index contributed by atoms with van der Waals surface area (Å²) in [6.45, 7) is 5.80. The lowest BCUT2D eigenvalue weighted by atomic mass is 10.2. The monoisotopic (exact) mass is 342 g/mol. The molecule has 7 nitrogen and oxygen atoms in total. The van der Waals surface area contributed by atoms with Gasteiger partial charge in [-0.1, -0.05) is 6.07 Å². The van der Waals surface area contributed by atoms with Gasteiger partial charge in [-0.3, -0.25) is 0 Å². The number of carbonyl (C=O) groups is 1. The molecule has 0 saturated carbocycles. The van der Waals surface area contributed by atoms with Gasteiger partial charge in [0, 0.05) is 28.9 Å². The van der Waals surface area contributed by atoms with Gasteiger partial charge in [0.15, 0.2) is 5.13 Å². The third kappa shape index (κ3) is 3.60. The normalized spacial score (nSPS) is 10.8. The smallest absolute Gasteiger partial charge is 0.334 e. The van der Waals surface area contributed by atoms with E-state index < -0.39 is 0 Å². The standard InChI is InChI=1S/C16H18N6OS/c1-10(2)19-16(23)22-9-12(8-18-22)14-11(3)24-15(21-14)20-13-6-4-5-7-17-13/h4-10H,1-3H3,(H,19,23)(H,17,20,21). The lowest BCUT2D eigenvalue weighted by Gasteiger charge is -2.06. The van der Waals surface area contributed by atoms with Gasteiger partial charge in [0.25, 0.3) is 0 Å². The Morgan fingerprint density at radius 3 is 2.88 bits per heavy atom. The van der Waals surface area contributed by atoms with Crippen molar-refractivity contribution in [2.24, 2.45) is 0 Å². The van der Waals surface area contributed by atoms with E-state index in [2.05, 4.69) is 25.7 Å². The number of hydrogen-bond acceptors (Lipinski definition) is 6. The van der Waals surface area contributed by atoms with Crippen molar-refractivity contribution in [2.75, 3.05) is 5.32 Å². The average Bonchev–Trinajstić information content (AvgIpc) is 3.14. The van der Waals surface area contributed by atoms with Gasteiger partial charge in [0.05, 0.1) is 11.9 Å². The Balaban J connectivity index is 1.80. The number of carbonyl (C=O) groups excluding carboxylic acids is 1. The molecule has 1 amide bonds. The number of rotatable bonds is 4. The Morgan fingerprint density at radius 2 is 2.17 bits per heavy atom. The third-order valence-electron chi connectivity index (χ3n) is 3.17. The maximum Gasteiger partial charge on any atom is 0.342 e. The molecule has 0 spiro atoms. The maximum absolute atomic E-state index is 12.0. The van der Waals surface area contributed by atoms with E-state index >= 15 is 0 Å². The van der Waals surface area contributed by atoms with Crippen LogP contribution < -0.4 is 10.6 Å². The zero-order valence-electron chi connectivity index (χ0n) is 13.6. The summed E-state index contributed by atoms with van der Waals surface area (Å²) < 4.78 is 1.29. The van der Waals surface area contributed by atoms with E-state index in [1.54, 1.807) is 18.6 Å². The number of aryl methyl sites for hydroxylation is 1. The van der Waals surface area contributed by atoms with E-state index in [9.17, 15) is 4.79 Å². The van der Waals surface area contributed by atoms with Gasteiger partial charge in [-0.15, -0.1) is 11.3 Å². The molecule has 0 bridgehead atoms. The number of amides is 1. The van der Waals surface area contributed by atoms with Gasteiger partial charge >= 0.3 is 6.03 Å². The first-order chi connectivity index (χ1) is 11.5. The van der Waals surface area contributed by atoms with Gasteiger partial charge in [-0.25, -0.2) is 14.8 Å². The second kappa shape index (κ2) is 6.79. The van der Waals surface area contributed by atoms with Gasteiger partial charge in [0.1, 0.15) is 5.82 Å². The minimum atomic E-state index is -0.254. The molecule has 124 valence electrons. The Morgan fingerprint density at radius 1 is 1.33 bits per heavy atom. The topological polar surface area (TPSA) is 84.7 Å². The van der Waals surface area contributed by atoms with Gasteiger partial charge in [-0.2, -0.15) is 9.78 Å². The number of anilines is 2. The largest absolute Gasteiger partial charge is 0.342 e. The van der Waals surface area contributed by atoms with Gasteiger partial charge in [0.2, 0.25) is 0 Å². The van der Waals surface area contributed by atoms with Crippen molar-refractivity contribution in [1.82, 2.24) is 25.1 Å². The molecular formula is C16H18N6OS. The predicted molar refractivity (Wildman–Crippen MR) is 94.7 cm³/mol. The van der Waals surface area contributed by atoms with E-state index in [0.717, 1.165) is 27.1 Å². The van der Waals surface area contributed by atoms with Crippen molar-refractivity contribution in [1.29, 1.82) is 0 Å². The first-order valence-corrected chi connectivity index (χ1v) is 8.36. The minimum absolute atomic E-state index is 0.0559. The van der Waals surface area contributed by atoms with Crippen molar-refractivity contribution < 1.29 is 4.79 Å². The molecule has 0 aromatic carbocycles. The van der Waals surface area contributed by atoms with Crippen LogP contribution in [0.25, 0.3) is 11.3 Å².